The van der Waals surface area contributed by atoms with Crippen molar-refractivity contribution in [2.24, 2.45) is 0 Å². The van der Waals surface area contributed by atoms with Crippen molar-refractivity contribution in [3.05, 3.63) is 59.1 Å². The number of aromatic nitrogens is 1. The van der Waals surface area contributed by atoms with E-state index in [0.717, 1.165) is 4.57 Å². The lowest BCUT2D eigenvalue weighted by molar-refractivity contribution is 0.0834. The van der Waals surface area contributed by atoms with Gasteiger partial charge in [0, 0.05) is 0 Å². The zero-order valence-corrected chi connectivity index (χ0v) is 11.8. The Morgan fingerprint density at radius 1 is 1.09 bits per heavy atom. The Morgan fingerprint density at radius 3 is 2.50 bits per heavy atom. The quantitative estimate of drug-likeness (QED) is 0.739. The molecule has 0 saturated carbocycles. The maximum atomic E-state index is 12.2. The van der Waals surface area contributed by atoms with Gasteiger partial charge in [-0.1, -0.05) is 12.1 Å². The molecule has 0 amide bonds. The fourth-order valence-electron chi connectivity index (χ4n) is 2.08. The van der Waals surface area contributed by atoms with Gasteiger partial charge in [0.1, 0.15) is 11.5 Å². The third-order valence-corrected chi connectivity index (χ3v) is 3.16. The van der Waals surface area contributed by atoms with E-state index in [4.69, 9.17) is 13.9 Å². The van der Waals surface area contributed by atoms with Crippen molar-refractivity contribution in [1.29, 1.82) is 0 Å². The molecule has 0 aliphatic rings. The molecule has 0 aliphatic heterocycles. The van der Waals surface area contributed by atoms with Gasteiger partial charge in [-0.2, -0.15) is 0 Å². The molecular formula is C16H13NO5. The van der Waals surface area contributed by atoms with Crippen molar-refractivity contribution in [3.8, 4) is 11.5 Å². The molecule has 2 aromatic carbocycles. The zero-order chi connectivity index (χ0) is 15.5. The lowest BCUT2D eigenvalue weighted by atomic mass is 10.3. The highest BCUT2D eigenvalue weighted by molar-refractivity contribution is 5.89. The summed E-state index contributed by atoms with van der Waals surface area (Å²) in [7, 11) is 1.57. The SMILES string of the molecule is COc1ccc(OCC(=O)n2c(=O)oc3ccccc32)cc1. The normalized spacial score (nSPS) is 10.6. The highest BCUT2D eigenvalue weighted by Gasteiger charge is 2.16. The Labute approximate surface area is 125 Å². The maximum Gasteiger partial charge on any atom is 0.426 e. The number of ether oxygens (including phenoxy) is 2. The topological polar surface area (TPSA) is 70.7 Å². The molecule has 3 rings (SSSR count). The van der Waals surface area contributed by atoms with Crippen LogP contribution in [-0.2, 0) is 0 Å². The number of hydrogen-bond donors (Lipinski definition) is 0. The first-order valence-corrected chi connectivity index (χ1v) is 6.59. The molecule has 0 bridgehead atoms. The maximum absolute atomic E-state index is 12.2. The van der Waals surface area contributed by atoms with Crippen molar-refractivity contribution in [2.45, 2.75) is 0 Å². The van der Waals surface area contributed by atoms with Gasteiger partial charge < -0.3 is 13.9 Å². The standard InChI is InChI=1S/C16H13NO5/c1-20-11-6-8-12(9-7-11)21-10-15(18)17-13-4-2-3-5-14(13)22-16(17)19/h2-9H,10H2,1H3. The van der Waals surface area contributed by atoms with Crippen LogP contribution in [0.4, 0.5) is 0 Å². The molecule has 0 spiro atoms. The van der Waals surface area contributed by atoms with E-state index in [1.54, 1.807) is 55.6 Å². The minimum absolute atomic E-state index is 0.268. The second-order valence-corrected chi connectivity index (χ2v) is 4.53. The number of carbonyl (C=O) groups is 1. The van der Waals surface area contributed by atoms with Crippen LogP contribution in [0.5, 0.6) is 11.5 Å². The van der Waals surface area contributed by atoms with Crippen LogP contribution in [0.3, 0.4) is 0 Å². The van der Waals surface area contributed by atoms with Gasteiger partial charge in [-0.25, -0.2) is 9.36 Å². The molecule has 6 heteroatoms. The Kier molecular flexibility index (Phi) is 3.65. The molecule has 1 heterocycles. The van der Waals surface area contributed by atoms with E-state index in [2.05, 4.69) is 0 Å². The van der Waals surface area contributed by atoms with Crippen LogP contribution >= 0.6 is 0 Å². The number of oxazole rings is 1. The monoisotopic (exact) mass is 299 g/mol. The average Bonchev–Trinajstić information content (AvgIpc) is 2.89. The van der Waals surface area contributed by atoms with Crippen LogP contribution < -0.4 is 15.2 Å². The Hall–Kier alpha value is -3.02. The summed E-state index contributed by atoms with van der Waals surface area (Å²) in [4.78, 5) is 24.0. The van der Waals surface area contributed by atoms with Crippen molar-refractivity contribution < 1.29 is 18.7 Å². The van der Waals surface area contributed by atoms with E-state index in [1.165, 1.54) is 0 Å². The number of methoxy groups -OCH3 is 1. The van der Waals surface area contributed by atoms with Gasteiger partial charge in [0.15, 0.2) is 12.2 Å². The molecule has 112 valence electrons. The molecule has 1 aromatic heterocycles. The van der Waals surface area contributed by atoms with Gasteiger partial charge in [0.2, 0.25) is 0 Å². The van der Waals surface area contributed by atoms with E-state index < -0.39 is 11.7 Å². The highest BCUT2D eigenvalue weighted by Crippen LogP contribution is 2.17. The predicted molar refractivity (Wildman–Crippen MR) is 79.6 cm³/mol. The first-order valence-electron chi connectivity index (χ1n) is 6.59. The average molecular weight is 299 g/mol. The zero-order valence-electron chi connectivity index (χ0n) is 11.8. The Balaban J connectivity index is 1.78. The van der Waals surface area contributed by atoms with Gasteiger partial charge in [-0.15, -0.1) is 0 Å². The Bertz CT molecular complexity index is 860. The van der Waals surface area contributed by atoms with Crippen molar-refractivity contribution in [3.63, 3.8) is 0 Å². The van der Waals surface area contributed by atoms with Gasteiger partial charge in [0.25, 0.3) is 5.91 Å². The van der Waals surface area contributed by atoms with Crippen molar-refractivity contribution >= 4 is 17.0 Å². The molecule has 0 saturated heterocycles. The summed E-state index contributed by atoms with van der Waals surface area (Å²) in [5.74, 6) is -0.0129. The van der Waals surface area contributed by atoms with Crippen LogP contribution in [0.15, 0.2) is 57.7 Å². The van der Waals surface area contributed by atoms with Crippen LogP contribution in [0.25, 0.3) is 11.1 Å². The molecule has 0 N–H and O–H groups in total. The fourth-order valence-corrected chi connectivity index (χ4v) is 2.08. The lowest BCUT2D eigenvalue weighted by Crippen LogP contribution is -2.27. The van der Waals surface area contributed by atoms with Crippen LogP contribution in [0, 0.1) is 0 Å². The van der Waals surface area contributed by atoms with Gasteiger partial charge >= 0.3 is 5.76 Å². The van der Waals surface area contributed by atoms with Crippen LogP contribution in [0.1, 0.15) is 4.79 Å². The van der Waals surface area contributed by atoms with E-state index in [9.17, 15) is 9.59 Å². The van der Waals surface area contributed by atoms with E-state index in [0.29, 0.717) is 22.6 Å². The number of rotatable bonds is 4. The van der Waals surface area contributed by atoms with Gasteiger partial charge in [-0.3, -0.25) is 4.79 Å². The van der Waals surface area contributed by atoms with E-state index in [1.807, 2.05) is 0 Å². The largest absolute Gasteiger partial charge is 0.497 e. The Morgan fingerprint density at radius 2 is 1.77 bits per heavy atom. The van der Waals surface area contributed by atoms with E-state index in [-0.39, 0.29) is 6.61 Å². The highest BCUT2D eigenvalue weighted by atomic mass is 16.5. The predicted octanol–water partition coefficient (Wildman–Crippen LogP) is 2.32. The summed E-state index contributed by atoms with van der Waals surface area (Å²) in [6.45, 7) is -0.268. The van der Waals surface area contributed by atoms with Crippen molar-refractivity contribution in [1.82, 2.24) is 4.57 Å². The van der Waals surface area contributed by atoms with Crippen molar-refractivity contribution in [2.75, 3.05) is 13.7 Å². The van der Waals surface area contributed by atoms with Crippen LogP contribution in [-0.4, -0.2) is 24.2 Å². The summed E-state index contributed by atoms with van der Waals surface area (Å²) in [5, 5.41) is 0. The number of hydrogen-bond acceptors (Lipinski definition) is 5. The molecule has 22 heavy (non-hydrogen) atoms. The molecular weight excluding hydrogens is 286 g/mol. The third kappa shape index (κ3) is 2.58. The smallest absolute Gasteiger partial charge is 0.426 e. The second kappa shape index (κ2) is 5.77. The van der Waals surface area contributed by atoms with Crippen LogP contribution in [0.2, 0.25) is 0 Å². The first-order chi connectivity index (χ1) is 10.7. The molecule has 0 atom stereocenters. The molecule has 6 nitrogen and oxygen atoms in total. The molecule has 3 aromatic rings. The van der Waals surface area contributed by atoms with E-state index >= 15 is 0 Å². The third-order valence-electron chi connectivity index (χ3n) is 3.16. The summed E-state index contributed by atoms with van der Waals surface area (Å²) >= 11 is 0. The molecule has 0 unspecified atom stereocenters. The van der Waals surface area contributed by atoms with Gasteiger partial charge in [-0.05, 0) is 36.4 Å². The molecule has 0 fully saturated rings. The fraction of sp³-hybridized carbons (Fsp3) is 0.125. The number of nitrogens with zero attached hydrogens (tertiary/aromatic N) is 1. The number of para-hydroxylation sites is 2. The molecule has 0 aliphatic carbocycles. The first kappa shape index (κ1) is 13.9. The number of fused-ring (bicyclic) bond motifs is 1. The lowest BCUT2D eigenvalue weighted by Gasteiger charge is -2.06. The molecule has 0 radical (unpaired) electrons. The minimum Gasteiger partial charge on any atom is -0.497 e. The summed E-state index contributed by atoms with van der Waals surface area (Å²) in [6, 6.07) is 13.5. The van der Waals surface area contributed by atoms with Gasteiger partial charge in [0.05, 0.1) is 12.6 Å². The summed E-state index contributed by atoms with van der Waals surface area (Å²) in [5.41, 5.74) is 0.793. The number of benzene rings is 2. The number of carbonyl (C=O) groups excluding carboxylic acids is 1. The minimum atomic E-state index is -0.718. The summed E-state index contributed by atoms with van der Waals surface area (Å²) < 4.78 is 16.4. The summed E-state index contributed by atoms with van der Waals surface area (Å²) in [6.07, 6.45) is 0. The second-order valence-electron chi connectivity index (χ2n) is 4.53.